The smallest absolute Gasteiger partial charge is 0.878 e. The van der Waals surface area contributed by atoms with Gasteiger partial charge in [-0.2, -0.15) is 0 Å². The Balaban J connectivity index is 0. The van der Waals surface area contributed by atoms with Crippen LogP contribution in [-0.2, 0) is 4.79 Å². The van der Waals surface area contributed by atoms with Gasteiger partial charge in [-0.3, -0.25) is 4.79 Å². The summed E-state index contributed by atoms with van der Waals surface area (Å²) in [6.45, 7) is 3.50. The van der Waals surface area contributed by atoms with E-state index in [-0.39, 0.29) is 41.3 Å². The van der Waals surface area contributed by atoms with Gasteiger partial charge < -0.3 is 5.11 Å². The summed E-state index contributed by atoms with van der Waals surface area (Å²) in [5.41, 5.74) is 0. The van der Waals surface area contributed by atoms with E-state index in [1.54, 1.807) is 13.8 Å². The molecule has 2 nitrogen and oxygen atoms in total. The minimum absolute atomic E-state index is 0. The largest absolute Gasteiger partial charge is 1.00 e. The Kier molecular flexibility index (Phi) is 8.40. The second-order valence-electron chi connectivity index (χ2n) is 1.86. The van der Waals surface area contributed by atoms with Crippen LogP contribution in [0.5, 0.6) is 0 Å². The van der Waals surface area contributed by atoms with Crippen molar-refractivity contribution >= 4 is 5.78 Å². The van der Waals surface area contributed by atoms with Crippen molar-refractivity contribution in [3.8, 4) is 0 Å². The second kappa shape index (κ2) is 6.33. The number of carbonyl (C=O) groups is 1. The molecule has 0 heterocycles. The molecule has 0 aliphatic carbocycles. The molecule has 9 heavy (non-hydrogen) atoms. The fourth-order valence-electron chi connectivity index (χ4n) is 0.260. The normalized spacial score (nSPS) is 9.67. The van der Waals surface area contributed by atoms with Crippen molar-refractivity contribution < 1.29 is 39.5 Å². The molecule has 0 fully saturated rings. The van der Waals surface area contributed by atoms with E-state index < -0.39 is 0 Å². The summed E-state index contributed by atoms with van der Waals surface area (Å²) in [5.74, 6) is -0.166. The Labute approximate surface area is 77.2 Å². The van der Waals surface area contributed by atoms with E-state index in [0.29, 0.717) is 6.26 Å². The number of rotatable bonds is 2. The fraction of sp³-hybridized carbons (Fsp3) is 0.500. The molecule has 0 aromatic rings. The van der Waals surface area contributed by atoms with Crippen molar-refractivity contribution in [2.45, 2.75) is 13.8 Å². The number of carbonyl (C=O) groups excluding carboxylic acids is 1. The summed E-state index contributed by atoms with van der Waals surface area (Å²) in [4.78, 5) is 10.5. The van der Waals surface area contributed by atoms with Gasteiger partial charge in [-0.25, -0.2) is 0 Å². The summed E-state index contributed by atoms with van der Waals surface area (Å²) >= 11 is 0. The molecule has 0 rings (SSSR count). The Morgan fingerprint density at radius 2 is 2.00 bits per heavy atom. The van der Waals surface area contributed by atoms with Crippen LogP contribution in [0.2, 0.25) is 0 Å². The minimum Gasteiger partial charge on any atom is -0.878 e. The number of hydrogen-bond acceptors (Lipinski definition) is 2. The molecule has 0 aromatic heterocycles. The summed E-state index contributed by atoms with van der Waals surface area (Å²) < 4.78 is 0. The Hall–Kier alpha value is 0.210. The maximum absolute atomic E-state index is 10.5. The molecule has 0 N–H and O–H groups in total. The maximum Gasteiger partial charge on any atom is 1.00 e. The minimum atomic E-state index is -0.111. The molecule has 0 aliphatic rings. The third-order valence-electron chi connectivity index (χ3n) is 0.801. The zero-order valence-corrected chi connectivity index (χ0v) is 8.05. The molecule has 0 bridgehead atoms. The van der Waals surface area contributed by atoms with Crippen molar-refractivity contribution in [2.75, 3.05) is 0 Å². The molecule has 0 atom stereocenters. The predicted octanol–water partition coefficient (Wildman–Crippen LogP) is -2.91. The number of allylic oxidation sites excluding steroid dienone is 1. The maximum atomic E-state index is 10.5. The Morgan fingerprint density at radius 3 is 2.11 bits per heavy atom. The first-order valence-corrected chi connectivity index (χ1v) is 2.51. The van der Waals surface area contributed by atoms with Crippen molar-refractivity contribution in [2.24, 2.45) is 5.92 Å². The summed E-state index contributed by atoms with van der Waals surface area (Å²) in [6.07, 6.45) is 1.56. The van der Waals surface area contributed by atoms with E-state index in [1.165, 1.54) is 0 Å². The monoisotopic (exact) mass is 136 g/mol. The van der Waals surface area contributed by atoms with Gasteiger partial charge in [0.2, 0.25) is 0 Å². The SMILES string of the molecule is CC(C)C(=O)C=C[O-].[Na+]. The van der Waals surface area contributed by atoms with Crippen molar-refractivity contribution in [3.63, 3.8) is 0 Å². The van der Waals surface area contributed by atoms with E-state index in [1.807, 2.05) is 0 Å². The molecule has 3 heteroatoms. The molecule has 0 aliphatic heterocycles. The Bertz CT molecular complexity index is 108. The van der Waals surface area contributed by atoms with Gasteiger partial charge in [0.1, 0.15) is 0 Å². The van der Waals surface area contributed by atoms with E-state index in [2.05, 4.69) is 0 Å². The first-order valence-electron chi connectivity index (χ1n) is 2.51. The van der Waals surface area contributed by atoms with Gasteiger partial charge in [0.25, 0.3) is 0 Å². The zero-order chi connectivity index (χ0) is 6.57. The molecule has 0 radical (unpaired) electrons. The van der Waals surface area contributed by atoms with Crippen LogP contribution < -0.4 is 34.7 Å². The van der Waals surface area contributed by atoms with Gasteiger partial charge >= 0.3 is 29.6 Å². The van der Waals surface area contributed by atoms with Gasteiger partial charge in [0.05, 0.1) is 0 Å². The van der Waals surface area contributed by atoms with Gasteiger partial charge in [0.15, 0.2) is 5.78 Å². The second-order valence-corrected chi connectivity index (χ2v) is 1.86. The molecule has 0 aromatic carbocycles. The van der Waals surface area contributed by atoms with Crippen LogP contribution in [-0.4, -0.2) is 5.78 Å². The van der Waals surface area contributed by atoms with E-state index in [4.69, 9.17) is 0 Å². The van der Waals surface area contributed by atoms with Crippen LogP contribution in [0.1, 0.15) is 13.8 Å². The summed E-state index contributed by atoms with van der Waals surface area (Å²) in [5, 5.41) is 9.64. The molecule has 0 spiro atoms. The fourth-order valence-corrected chi connectivity index (χ4v) is 0.260. The van der Waals surface area contributed by atoms with Gasteiger partial charge in [-0.05, 0) is 6.08 Å². The average Bonchev–Trinajstić information content (AvgIpc) is 1.67. The van der Waals surface area contributed by atoms with Crippen LogP contribution in [0.15, 0.2) is 12.3 Å². The van der Waals surface area contributed by atoms with Crippen molar-refractivity contribution in [1.82, 2.24) is 0 Å². The van der Waals surface area contributed by atoms with Gasteiger partial charge in [-0.1, -0.05) is 13.8 Å². The summed E-state index contributed by atoms with van der Waals surface area (Å²) in [6, 6.07) is 0. The van der Waals surface area contributed by atoms with E-state index >= 15 is 0 Å². The van der Waals surface area contributed by atoms with Crippen LogP contribution in [0, 0.1) is 5.92 Å². The molecule has 0 saturated carbocycles. The molecule has 0 saturated heterocycles. The van der Waals surface area contributed by atoms with Gasteiger partial charge in [-0.15, -0.1) is 6.26 Å². The zero-order valence-electron chi connectivity index (χ0n) is 6.05. The Morgan fingerprint density at radius 1 is 1.56 bits per heavy atom. The topological polar surface area (TPSA) is 40.1 Å². The molecule has 46 valence electrons. The van der Waals surface area contributed by atoms with E-state index in [9.17, 15) is 9.90 Å². The predicted molar refractivity (Wildman–Crippen MR) is 29.0 cm³/mol. The van der Waals surface area contributed by atoms with Crippen LogP contribution >= 0.6 is 0 Å². The van der Waals surface area contributed by atoms with Crippen molar-refractivity contribution in [1.29, 1.82) is 0 Å². The summed E-state index contributed by atoms with van der Waals surface area (Å²) in [7, 11) is 0. The number of hydrogen-bond donors (Lipinski definition) is 0. The van der Waals surface area contributed by atoms with Crippen molar-refractivity contribution in [3.05, 3.63) is 12.3 Å². The average molecular weight is 136 g/mol. The molecule has 0 unspecified atom stereocenters. The first-order chi connectivity index (χ1) is 3.68. The quantitative estimate of drug-likeness (QED) is 0.232. The molecular formula is C6H9NaO2. The molecular weight excluding hydrogens is 127 g/mol. The standard InChI is InChI=1S/C6H10O2.Na/c1-5(2)6(8)3-4-7;/h3-5,7H,1-2H3;/q;+1/p-1. The third kappa shape index (κ3) is 6.09. The third-order valence-corrected chi connectivity index (χ3v) is 0.801. The van der Waals surface area contributed by atoms with Crippen LogP contribution in [0.4, 0.5) is 0 Å². The van der Waals surface area contributed by atoms with Crippen LogP contribution in [0.3, 0.4) is 0 Å². The molecule has 0 amide bonds. The van der Waals surface area contributed by atoms with Crippen LogP contribution in [0.25, 0.3) is 0 Å². The van der Waals surface area contributed by atoms with E-state index in [0.717, 1.165) is 6.08 Å². The number of ketones is 1. The van der Waals surface area contributed by atoms with Gasteiger partial charge in [0, 0.05) is 5.92 Å². The first kappa shape index (κ1) is 11.9.